The van der Waals surface area contributed by atoms with Crippen molar-refractivity contribution in [3.05, 3.63) is 18.0 Å². The Bertz CT molecular complexity index is 527. The molecule has 2 rings (SSSR count). The molecule has 0 saturated carbocycles. The molecule has 0 aliphatic carbocycles. The fourth-order valence-corrected chi connectivity index (χ4v) is 2.09. The standard InChI is InChI=1S/C14H21N5O2/c1-4-5-15-6-10-7-16-13(17-8-10)19-9-11(20)18-12(21)14(19,2)3/h7-8,15H,4-6,9H2,1-3H3,(H,18,20,21). The van der Waals surface area contributed by atoms with Crippen LogP contribution in [0, 0.1) is 0 Å². The molecule has 7 heteroatoms. The van der Waals surface area contributed by atoms with Crippen LogP contribution in [-0.2, 0) is 16.1 Å². The van der Waals surface area contributed by atoms with E-state index in [4.69, 9.17) is 0 Å². The first-order valence-corrected chi connectivity index (χ1v) is 7.08. The van der Waals surface area contributed by atoms with Crippen molar-refractivity contribution in [3.8, 4) is 0 Å². The van der Waals surface area contributed by atoms with Crippen LogP contribution >= 0.6 is 0 Å². The number of amides is 2. The first-order valence-electron chi connectivity index (χ1n) is 7.08. The highest BCUT2D eigenvalue weighted by Gasteiger charge is 2.42. The Kier molecular flexibility index (Phi) is 4.52. The Hall–Kier alpha value is -2.02. The second kappa shape index (κ2) is 6.17. The molecule has 0 aromatic carbocycles. The summed E-state index contributed by atoms with van der Waals surface area (Å²) in [6, 6.07) is 0. The maximum Gasteiger partial charge on any atom is 0.252 e. The summed E-state index contributed by atoms with van der Waals surface area (Å²) in [7, 11) is 0. The molecule has 114 valence electrons. The summed E-state index contributed by atoms with van der Waals surface area (Å²) in [6.45, 7) is 7.31. The second-order valence-electron chi connectivity index (χ2n) is 5.59. The van der Waals surface area contributed by atoms with E-state index in [2.05, 4.69) is 27.5 Å². The molecule has 7 nitrogen and oxygen atoms in total. The number of anilines is 1. The van der Waals surface area contributed by atoms with E-state index in [0.717, 1.165) is 18.5 Å². The number of carbonyl (C=O) groups is 2. The van der Waals surface area contributed by atoms with Crippen molar-refractivity contribution >= 4 is 17.8 Å². The van der Waals surface area contributed by atoms with Gasteiger partial charge in [-0.1, -0.05) is 6.92 Å². The van der Waals surface area contributed by atoms with E-state index in [-0.39, 0.29) is 18.4 Å². The molecule has 2 heterocycles. The first kappa shape index (κ1) is 15.4. The lowest BCUT2D eigenvalue weighted by molar-refractivity contribution is -0.135. The van der Waals surface area contributed by atoms with Gasteiger partial charge in [0.2, 0.25) is 11.9 Å². The van der Waals surface area contributed by atoms with Gasteiger partial charge in [-0.05, 0) is 26.8 Å². The van der Waals surface area contributed by atoms with E-state index in [1.54, 1.807) is 31.1 Å². The Morgan fingerprint density at radius 1 is 1.33 bits per heavy atom. The summed E-state index contributed by atoms with van der Waals surface area (Å²) in [5, 5.41) is 5.60. The molecular weight excluding hydrogens is 270 g/mol. The molecule has 1 fully saturated rings. The van der Waals surface area contributed by atoms with Crippen LogP contribution in [0.1, 0.15) is 32.8 Å². The Morgan fingerprint density at radius 2 is 2.00 bits per heavy atom. The average Bonchev–Trinajstić information content (AvgIpc) is 2.44. The second-order valence-corrected chi connectivity index (χ2v) is 5.59. The minimum absolute atomic E-state index is 0.0756. The molecule has 1 aliphatic heterocycles. The topological polar surface area (TPSA) is 87.2 Å². The average molecular weight is 291 g/mol. The molecule has 0 radical (unpaired) electrons. The fourth-order valence-electron chi connectivity index (χ4n) is 2.09. The van der Waals surface area contributed by atoms with Crippen molar-refractivity contribution in [2.75, 3.05) is 18.0 Å². The van der Waals surface area contributed by atoms with Crippen LogP contribution < -0.4 is 15.5 Å². The van der Waals surface area contributed by atoms with E-state index in [1.807, 2.05) is 0 Å². The number of piperazine rings is 1. The van der Waals surface area contributed by atoms with Gasteiger partial charge in [0.25, 0.3) is 5.91 Å². The van der Waals surface area contributed by atoms with Crippen LogP contribution in [0.5, 0.6) is 0 Å². The largest absolute Gasteiger partial charge is 0.317 e. The highest BCUT2D eigenvalue weighted by Crippen LogP contribution is 2.22. The lowest BCUT2D eigenvalue weighted by Crippen LogP contribution is -2.64. The van der Waals surface area contributed by atoms with Crippen LogP contribution in [0.4, 0.5) is 5.95 Å². The number of hydrogen-bond acceptors (Lipinski definition) is 6. The maximum atomic E-state index is 11.9. The van der Waals surface area contributed by atoms with Crippen LogP contribution in [-0.4, -0.2) is 40.4 Å². The fraction of sp³-hybridized carbons (Fsp3) is 0.571. The van der Waals surface area contributed by atoms with Gasteiger partial charge >= 0.3 is 0 Å². The zero-order valence-electron chi connectivity index (χ0n) is 12.6. The van der Waals surface area contributed by atoms with Crippen LogP contribution in [0.25, 0.3) is 0 Å². The van der Waals surface area contributed by atoms with E-state index in [9.17, 15) is 9.59 Å². The van der Waals surface area contributed by atoms with Gasteiger partial charge in [-0.25, -0.2) is 9.97 Å². The first-order chi connectivity index (χ1) is 9.95. The third-order valence-electron chi connectivity index (χ3n) is 3.47. The molecule has 1 saturated heterocycles. The van der Waals surface area contributed by atoms with Crippen molar-refractivity contribution in [1.29, 1.82) is 0 Å². The highest BCUT2D eigenvalue weighted by atomic mass is 16.2. The summed E-state index contributed by atoms with van der Waals surface area (Å²) in [4.78, 5) is 33.7. The highest BCUT2D eigenvalue weighted by molar-refractivity contribution is 6.06. The van der Waals surface area contributed by atoms with Gasteiger partial charge in [0, 0.05) is 24.5 Å². The minimum Gasteiger partial charge on any atom is -0.317 e. The molecule has 21 heavy (non-hydrogen) atoms. The number of imide groups is 1. The number of aromatic nitrogens is 2. The third-order valence-corrected chi connectivity index (χ3v) is 3.47. The SMILES string of the molecule is CCCNCc1cnc(N2CC(=O)NC(=O)C2(C)C)nc1. The molecule has 1 aromatic rings. The lowest BCUT2D eigenvalue weighted by atomic mass is 9.99. The zero-order chi connectivity index (χ0) is 15.5. The Balaban J connectivity index is 2.13. The quantitative estimate of drug-likeness (QED) is 0.596. The van der Waals surface area contributed by atoms with Gasteiger partial charge in [-0.3, -0.25) is 14.9 Å². The van der Waals surface area contributed by atoms with Gasteiger partial charge in [-0.2, -0.15) is 0 Å². The summed E-state index contributed by atoms with van der Waals surface area (Å²) in [5.41, 5.74) is 0.119. The predicted octanol–water partition coefficient (Wildman–Crippen LogP) is 0.218. The van der Waals surface area contributed by atoms with Crippen LogP contribution in [0.3, 0.4) is 0 Å². The van der Waals surface area contributed by atoms with E-state index in [0.29, 0.717) is 12.5 Å². The number of nitrogens with zero attached hydrogens (tertiary/aromatic N) is 3. The summed E-state index contributed by atoms with van der Waals surface area (Å²) in [6.07, 6.45) is 4.51. The van der Waals surface area contributed by atoms with Crippen LogP contribution in [0.2, 0.25) is 0 Å². The zero-order valence-corrected chi connectivity index (χ0v) is 12.6. The molecule has 0 atom stereocenters. The van der Waals surface area contributed by atoms with Gasteiger partial charge in [0.05, 0.1) is 0 Å². The van der Waals surface area contributed by atoms with Crippen molar-refractivity contribution < 1.29 is 9.59 Å². The van der Waals surface area contributed by atoms with E-state index >= 15 is 0 Å². The van der Waals surface area contributed by atoms with Gasteiger partial charge in [0.15, 0.2) is 0 Å². The summed E-state index contributed by atoms with van der Waals surface area (Å²) >= 11 is 0. The molecule has 0 spiro atoms. The molecule has 1 aliphatic rings. The van der Waals surface area contributed by atoms with Crippen molar-refractivity contribution in [3.63, 3.8) is 0 Å². The van der Waals surface area contributed by atoms with Gasteiger partial charge in [-0.15, -0.1) is 0 Å². The van der Waals surface area contributed by atoms with Crippen molar-refractivity contribution in [2.24, 2.45) is 0 Å². The molecular formula is C14H21N5O2. The molecule has 2 amide bonds. The Labute approximate surface area is 124 Å². The van der Waals surface area contributed by atoms with E-state index < -0.39 is 5.54 Å². The number of rotatable bonds is 5. The summed E-state index contributed by atoms with van der Waals surface area (Å²) in [5.74, 6) is -0.282. The normalized spacial score (nSPS) is 17.8. The molecule has 2 N–H and O–H groups in total. The van der Waals surface area contributed by atoms with Gasteiger partial charge < -0.3 is 10.2 Å². The van der Waals surface area contributed by atoms with Gasteiger partial charge in [0.1, 0.15) is 12.1 Å². The minimum atomic E-state index is -0.851. The number of hydrogen-bond donors (Lipinski definition) is 2. The van der Waals surface area contributed by atoms with E-state index in [1.165, 1.54) is 0 Å². The predicted molar refractivity (Wildman–Crippen MR) is 78.6 cm³/mol. The van der Waals surface area contributed by atoms with Crippen LogP contribution in [0.15, 0.2) is 12.4 Å². The molecule has 0 unspecified atom stereocenters. The summed E-state index contributed by atoms with van der Waals surface area (Å²) < 4.78 is 0. The van der Waals surface area contributed by atoms with Crippen molar-refractivity contribution in [1.82, 2.24) is 20.6 Å². The van der Waals surface area contributed by atoms with Crippen molar-refractivity contribution in [2.45, 2.75) is 39.3 Å². The third kappa shape index (κ3) is 3.36. The molecule has 0 bridgehead atoms. The molecule has 1 aromatic heterocycles. The monoisotopic (exact) mass is 291 g/mol. The maximum absolute atomic E-state index is 11.9. The Morgan fingerprint density at radius 3 is 2.62 bits per heavy atom. The lowest BCUT2D eigenvalue weighted by Gasteiger charge is -2.39. The number of carbonyl (C=O) groups excluding carboxylic acids is 2. The smallest absolute Gasteiger partial charge is 0.252 e. The number of nitrogens with one attached hydrogen (secondary N) is 2.